The number of nitrogens with zero attached hydrogens (tertiary/aromatic N) is 1. The molecule has 1 heterocycles. The Hall–Kier alpha value is -1.30. The molecule has 0 spiro atoms. The first kappa shape index (κ1) is 13.1. The molecule has 0 bridgehead atoms. The third-order valence-electron chi connectivity index (χ3n) is 2.63. The minimum absolute atomic E-state index is 0.0563. The van der Waals surface area contributed by atoms with Crippen molar-refractivity contribution >= 4 is 15.9 Å². The third-order valence-corrected chi connectivity index (χ3v) is 3.40. The Labute approximate surface area is 110 Å². The second kappa shape index (κ2) is 4.76. The number of alkyl halides is 3. The molecule has 1 N–H and O–H groups in total. The van der Waals surface area contributed by atoms with Crippen molar-refractivity contribution < 1.29 is 13.2 Å². The number of hydrogen-bond donors (Lipinski definition) is 1. The number of benzene rings is 1. The predicted octanol–water partition coefficient (Wildman–Crippen LogP) is 4.42. The van der Waals surface area contributed by atoms with Crippen LogP contribution in [0.1, 0.15) is 18.2 Å². The zero-order valence-electron chi connectivity index (χ0n) is 9.48. The molecule has 0 atom stereocenters. The smallest absolute Gasteiger partial charge is 0.272 e. The molecule has 1 aromatic carbocycles. The van der Waals surface area contributed by atoms with E-state index in [-0.39, 0.29) is 10.2 Å². The van der Waals surface area contributed by atoms with Gasteiger partial charge in [-0.15, -0.1) is 0 Å². The van der Waals surface area contributed by atoms with Crippen molar-refractivity contribution in [2.45, 2.75) is 19.5 Å². The van der Waals surface area contributed by atoms with E-state index in [0.717, 1.165) is 12.0 Å². The van der Waals surface area contributed by atoms with Crippen molar-refractivity contribution in [2.24, 2.45) is 0 Å². The maximum Gasteiger partial charge on any atom is 0.433 e. The van der Waals surface area contributed by atoms with Gasteiger partial charge in [0, 0.05) is 5.56 Å². The predicted molar refractivity (Wildman–Crippen MR) is 66.1 cm³/mol. The van der Waals surface area contributed by atoms with E-state index in [1.54, 1.807) is 12.1 Å². The van der Waals surface area contributed by atoms with Crippen LogP contribution in [0.2, 0.25) is 0 Å². The van der Waals surface area contributed by atoms with Crippen molar-refractivity contribution in [1.82, 2.24) is 10.2 Å². The largest absolute Gasteiger partial charge is 0.433 e. The van der Waals surface area contributed by atoms with E-state index in [0.29, 0.717) is 5.56 Å². The zero-order chi connectivity index (χ0) is 13.3. The summed E-state index contributed by atoms with van der Waals surface area (Å²) in [4.78, 5) is 0. The fraction of sp³-hybridized carbons (Fsp3) is 0.250. The first-order chi connectivity index (χ1) is 8.43. The van der Waals surface area contributed by atoms with E-state index < -0.39 is 11.9 Å². The molecule has 0 aliphatic heterocycles. The van der Waals surface area contributed by atoms with Crippen LogP contribution in [0.5, 0.6) is 0 Å². The minimum Gasteiger partial charge on any atom is -0.272 e. The standard InChI is InChI=1S/C12H10BrF3N2/c1-2-7-3-5-8(6-4-7)10-9(13)11(18-17-10)12(14,15)16/h3-6H,2H2,1H3,(H,17,18). The Morgan fingerprint density at radius 1 is 1.22 bits per heavy atom. The molecule has 0 saturated carbocycles. The van der Waals surface area contributed by atoms with Gasteiger partial charge in [0.25, 0.3) is 0 Å². The molecule has 0 amide bonds. The second-order valence-electron chi connectivity index (χ2n) is 3.81. The van der Waals surface area contributed by atoms with Gasteiger partial charge >= 0.3 is 6.18 Å². The summed E-state index contributed by atoms with van der Waals surface area (Å²) in [7, 11) is 0. The molecule has 0 radical (unpaired) electrons. The average molecular weight is 319 g/mol. The molecule has 2 nitrogen and oxygen atoms in total. The van der Waals surface area contributed by atoms with E-state index in [4.69, 9.17) is 0 Å². The Morgan fingerprint density at radius 2 is 1.83 bits per heavy atom. The van der Waals surface area contributed by atoms with Gasteiger partial charge in [0.15, 0.2) is 5.69 Å². The van der Waals surface area contributed by atoms with Crippen molar-refractivity contribution in [2.75, 3.05) is 0 Å². The monoisotopic (exact) mass is 318 g/mol. The number of H-pyrrole nitrogens is 1. The highest BCUT2D eigenvalue weighted by Crippen LogP contribution is 2.38. The van der Waals surface area contributed by atoms with Crippen LogP contribution in [0.25, 0.3) is 11.3 Å². The number of rotatable bonds is 2. The Morgan fingerprint density at radius 3 is 2.28 bits per heavy atom. The van der Waals surface area contributed by atoms with Gasteiger partial charge in [-0.05, 0) is 27.9 Å². The first-order valence-corrected chi connectivity index (χ1v) is 6.13. The minimum atomic E-state index is -4.44. The molecule has 2 rings (SSSR count). The summed E-state index contributed by atoms with van der Waals surface area (Å²) in [6, 6.07) is 7.28. The van der Waals surface area contributed by atoms with Gasteiger partial charge in [0.05, 0.1) is 4.47 Å². The fourth-order valence-electron chi connectivity index (χ4n) is 1.61. The summed E-state index contributed by atoms with van der Waals surface area (Å²) < 4.78 is 37.7. The summed E-state index contributed by atoms with van der Waals surface area (Å²) in [6.45, 7) is 2.02. The number of aryl methyl sites for hydroxylation is 1. The lowest BCUT2D eigenvalue weighted by Gasteiger charge is -2.03. The lowest BCUT2D eigenvalue weighted by Crippen LogP contribution is -2.06. The summed E-state index contributed by atoms with van der Waals surface area (Å²) in [5.74, 6) is 0. The summed E-state index contributed by atoms with van der Waals surface area (Å²) in [5, 5.41) is 5.74. The van der Waals surface area contributed by atoms with E-state index in [1.165, 1.54) is 0 Å². The molecule has 0 aliphatic rings. The van der Waals surface area contributed by atoms with Gasteiger partial charge in [0.2, 0.25) is 0 Å². The van der Waals surface area contributed by atoms with Crippen molar-refractivity contribution in [3.05, 3.63) is 40.0 Å². The van der Waals surface area contributed by atoms with Gasteiger partial charge in [-0.2, -0.15) is 18.3 Å². The van der Waals surface area contributed by atoms with E-state index >= 15 is 0 Å². The van der Waals surface area contributed by atoms with Crippen molar-refractivity contribution in [3.63, 3.8) is 0 Å². The van der Waals surface area contributed by atoms with E-state index in [9.17, 15) is 13.2 Å². The number of halogens is 4. The highest BCUT2D eigenvalue weighted by atomic mass is 79.9. The van der Waals surface area contributed by atoms with Gasteiger partial charge in [0.1, 0.15) is 5.69 Å². The number of nitrogens with one attached hydrogen (secondary N) is 1. The Bertz CT molecular complexity index is 543. The van der Waals surface area contributed by atoms with Gasteiger partial charge in [-0.25, -0.2) is 0 Å². The molecule has 0 fully saturated rings. The van der Waals surface area contributed by atoms with Gasteiger partial charge in [-0.3, -0.25) is 5.10 Å². The van der Waals surface area contributed by atoms with Crippen LogP contribution in [0.15, 0.2) is 28.7 Å². The van der Waals surface area contributed by atoms with Crippen LogP contribution in [0.4, 0.5) is 13.2 Å². The molecular formula is C12H10BrF3N2. The topological polar surface area (TPSA) is 28.7 Å². The van der Waals surface area contributed by atoms with Crippen molar-refractivity contribution in [1.29, 1.82) is 0 Å². The van der Waals surface area contributed by atoms with Crippen LogP contribution >= 0.6 is 15.9 Å². The van der Waals surface area contributed by atoms with E-state index in [2.05, 4.69) is 21.0 Å². The van der Waals surface area contributed by atoms with Crippen molar-refractivity contribution in [3.8, 4) is 11.3 Å². The molecule has 6 heteroatoms. The quantitative estimate of drug-likeness (QED) is 0.872. The number of hydrogen-bond acceptors (Lipinski definition) is 1. The molecule has 96 valence electrons. The lowest BCUT2D eigenvalue weighted by atomic mass is 10.1. The number of aromatic nitrogens is 2. The maximum absolute atomic E-state index is 12.6. The molecular weight excluding hydrogens is 309 g/mol. The highest BCUT2D eigenvalue weighted by molar-refractivity contribution is 9.10. The highest BCUT2D eigenvalue weighted by Gasteiger charge is 2.36. The SMILES string of the molecule is CCc1ccc(-c2n[nH]c(C(F)(F)F)c2Br)cc1. The van der Waals surface area contributed by atoms with E-state index in [1.807, 2.05) is 24.2 Å². The van der Waals surface area contributed by atoms with Crippen LogP contribution < -0.4 is 0 Å². The third kappa shape index (κ3) is 2.43. The van der Waals surface area contributed by atoms with Gasteiger partial charge in [-0.1, -0.05) is 31.2 Å². The molecule has 0 saturated heterocycles. The molecule has 0 aliphatic carbocycles. The maximum atomic E-state index is 12.6. The number of aromatic amines is 1. The Balaban J connectivity index is 2.42. The molecule has 0 unspecified atom stereocenters. The normalized spacial score (nSPS) is 11.8. The van der Waals surface area contributed by atoms with Crippen LogP contribution in [0, 0.1) is 0 Å². The summed E-state index contributed by atoms with van der Waals surface area (Å²) in [6.07, 6.45) is -3.55. The molecule has 1 aromatic heterocycles. The van der Waals surface area contributed by atoms with Crippen LogP contribution in [0.3, 0.4) is 0 Å². The fourth-order valence-corrected chi connectivity index (χ4v) is 2.24. The van der Waals surface area contributed by atoms with Crippen LogP contribution in [-0.4, -0.2) is 10.2 Å². The lowest BCUT2D eigenvalue weighted by molar-refractivity contribution is -0.141. The zero-order valence-corrected chi connectivity index (χ0v) is 11.1. The summed E-state index contributed by atoms with van der Waals surface area (Å²) >= 11 is 2.95. The molecule has 18 heavy (non-hydrogen) atoms. The van der Waals surface area contributed by atoms with Gasteiger partial charge < -0.3 is 0 Å². The second-order valence-corrected chi connectivity index (χ2v) is 4.60. The Kier molecular flexibility index (Phi) is 3.47. The molecule has 2 aromatic rings. The summed E-state index contributed by atoms with van der Waals surface area (Å²) in [5.41, 5.74) is 1.18. The first-order valence-electron chi connectivity index (χ1n) is 5.34. The van der Waals surface area contributed by atoms with Crippen LogP contribution in [-0.2, 0) is 12.6 Å². The average Bonchev–Trinajstić information content (AvgIpc) is 2.71.